The standard InChI is InChI=1S/C21H42NO4P/c1-5-6-7-8-9-10-11-12-13-14-15-16-17-18-19-21(23,27(24,25)26)20-22(2,3)4/h6-7,16-17,23H,5,8-15,18-20H2,1-4H3,(H-,24,25,26)/p+1/b7-6-,17-16-. The predicted molar refractivity (Wildman–Crippen MR) is 115 cm³/mol. The maximum absolute atomic E-state index is 11.7. The molecule has 0 fully saturated rings. The van der Waals surface area contributed by atoms with E-state index < -0.39 is 12.9 Å². The number of quaternary nitrogens is 1. The monoisotopic (exact) mass is 404 g/mol. The molecule has 0 aromatic heterocycles. The van der Waals surface area contributed by atoms with Crippen molar-refractivity contribution in [1.29, 1.82) is 0 Å². The summed E-state index contributed by atoms with van der Waals surface area (Å²) in [5, 5.41) is 8.50. The minimum atomic E-state index is -4.57. The van der Waals surface area contributed by atoms with Crippen molar-refractivity contribution in [1.82, 2.24) is 0 Å². The van der Waals surface area contributed by atoms with Gasteiger partial charge in [-0.15, -0.1) is 0 Å². The number of unbranched alkanes of at least 4 members (excludes halogenated alkanes) is 7. The minimum absolute atomic E-state index is 0.0271. The zero-order valence-electron chi connectivity index (χ0n) is 17.9. The number of likely N-dealkylation sites (N-methyl/N-ethyl adjacent to an activating group) is 1. The molecule has 160 valence electrons. The van der Waals surface area contributed by atoms with E-state index in [1.807, 2.05) is 27.2 Å². The summed E-state index contributed by atoms with van der Waals surface area (Å²) in [5.41, 5.74) is 0. The maximum Gasteiger partial charge on any atom is 0.362 e. The number of hydrogen-bond acceptors (Lipinski definition) is 2. The Kier molecular flexibility index (Phi) is 13.5. The molecule has 0 aromatic rings. The highest BCUT2D eigenvalue weighted by atomic mass is 31.2. The van der Waals surface area contributed by atoms with E-state index in [-0.39, 0.29) is 13.0 Å². The average Bonchev–Trinajstić information content (AvgIpc) is 2.52. The Hall–Kier alpha value is -0.450. The van der Waals surface area contributed by atoms with Crippen LogP contribution in [0.4, 0.5) is 0 Å². The van der Waals surface area contributed by atoms with Crippen molar-refractivity contribution >= 4 is 7.60 Å². The fourth-order valence-corrected chi connectivity index (χ4v) is 4.17. The van der Waals surface area contributed by atoms with E-state index in [9.17, 15) is 19.5 Å². The summed E-state index contributed by atoms with van der Waals surface area (Å²) in [4.78, 5) is 19.1. The molecule has 0 amide bonds. The summed E-state index contributed by atoms with van der Waals surface area (Å²) >= 11 is 0. The molecule has 0 aromatic carbocycles. The van der Waals surface area contributed by atoms with Crippen LogP contribution in [-0.2, 0) is 4.57 Å². The smallest absolute Gasteiger partial charge is 0.362 e. The van der Waals surface area contributed by atoms with Crippen LogP contribution in [0.3, 0.4) is 0 Å². The lowest BCUT2D eigenvalue weighted by atomic mass is 10.1. The van der Waals surface area contributed by atoms with Gasteiger partial charge in [0.25, 0.3) is 0 Å². The van der Waals surface area contributed by atoms with Gasteiger partial charge >= 0.3 is 7.60 Å². The average molecular weight is 405 g/mol. The van der Waals surface area contributed by atoms with Crippen molar-refractivity contribution in [3.8, 4) is 0 Å². The van der Waals surface area contributed by atoms with Gasteiger partial charge in [-0.25, -0.2) is 0 Å². The number of rotatable bonds is 16. The molecule has 1 atom stereocenters. The van der Waals surface area contributed by atoms with Crippen LogP contribution in [0.15, 0.2) is 24.3 Å². The zero-order valence-corrected chi connectivity index (χ0v) is 18.8. The Morgan fingerprint density at radius 2 is 1.26 bits per heavy atom. The number of hydrogen-bond donors (Lipinski definition) is 3. The van der Waals surface area contributed by atoms with E-state index in [0.717, 1.165) is 19.3 Å². The molecule has 1 unspecified atom stereocenters. The molecule has 0 bridgehead atoms. The summed E-state index contributed by atoms with van der Waals surface area (Å²) in [5.74, 6) is 0. The minimum Gasteiger partial charge on any atom is -0.373 e. The Bertz CT molecular complexity index is 479. The van der Waals surface area contributed by atoms with Crippen molar-refractivity contribution in [2.45, 2.75) is 82.9 Å². The van der Waals surface area contributed by atoms with Gasteiger partial charge in [0.1, 0.15) is 6.54 Å². The van der Waals surface area contributed by atoms with Crippen LogP contribution in [0, 0.1) is 0 Å². The largest absolute Gasteiger partial charge is 0.373 e. The van der Waals surface area contributed by atoms with Gasteiger partial charge in [-0.05, 0) is 44.9 Å². The van der Waals surface area contributed by atoms with Crippen molar-refractivity contribution < 1.29 is 23.9 Å². The first-order valence-electron chi connectivity index (χ1n) is 10.4. The SMILES string of the molecule is CC/C=C\CCCCCCCC/C=C\CCC(O)(C[N+](C)(C)C)P(=O)(O)O. The van der Waals surface area contributed by atoms with Gasteiger partial charge in [0.05, 0.1) is 21.1 Å². The van der Waals surface area contributed by atoms with E-state index in [4.69, 9.17) is 0 Å². The molecule has 0 aliphatic rings. The van der Waals surface area contributed by atoms with Gasteiger partial charge in [0, 0.05) is 0 Å². The van der Waals surface area contributed by atoms with Crippen LogP contribution < -0.4 is 0 Å². The van der Waals surface area contributed by atoms with E-state index >= 15 is 0 Å². The van der Waals surface area contributed by atoms with Crippen molar-refractivity contribution in [3.63, 3.8) is 0 Å². The molecule has 0 saturated carbocycles. The molecular weight excluding hydrogens is 361 g/mol. The van der Waals surface area contributed by atoms with Crippen LogP contribution >= 0.6 is 7.60 Å². The van der Waals surface area contributed by atoms with Crippen LogP contribution in [0.2, 0.25) is 0 Å². The zero-order chi connectivity index (χ0) is 20.8. The first-order valence-corrected chi connectivity index (χ1v) is 12.0. The summed E-state index contributed by atoms with van der Waals surface area (Å²) in [6, 6.07) is 0. The van der Waals surface area contributed by atoms with Gasteiger partial charge in [-0.2, -0.15) is 0 Å². The fraction of sp³-hybridized carbons (Fsp3) is 0.810. The van der Waals surface area contributed by atoms with Crippen molar-refractivity contribution in [2.24, 2.45) is 0 Å². The molecule has 0 aliphatic heterocycles. The highest BCUT2D eigenvalue weighted by Gasteiger charge is 2.48. The van der Waals surface area contributed by atoms with E-state index in [0.29, 0.717) is 10.9 Å². The molecule has 3 N–H and O–H groups in total. The third kappa shape index (κ3) is 14.2. The molecule has 0 saturated heterocycles. The summed E-state index contributed by atoms with van der Waals surface area (Å²) < 4.78 is 12.0. The van der Waals surface area contributed by atoms with E-state index in [2.05, 4.69) is 25.2 Å². The summed E-state index contributed by atoms with van der Waals surface area (Å²) in [6.07, 6.45) is 19.9. The van der Waals surface area contributed by atoms with E-state index in [1.54, 1.807) is 0 Å². The third-order valence-electron chi connectivity index (χ3n) is 4.54. The van der Waals surface area contributed by atoms with Crippen LogP contribution in [0.5, 0.6) is 0 Å². The number of allylic oxidation sites excluding steroid dienone is 4. The summed E-state index contributed by atoms with van der Waals surface area (Å²) in [6.45, 7) is 2.19. The first kappa shape index (κ1) is 26.6. The molecule has 0 rings (SSSR count). The molecular formula is C21H43NO4P+. The quantitative estimate of drug-likeness (QED) is 0.147. The predicted octanol–water partition coefficient (Wildman–Crippen LogP) is 4.98. The highest BCUT2D eigenvalue weighted by Crippen LogP contribution is 2.52. The highest BCUT2D eigenvalue weighted by molar-refractivity contribution is 7.53. The van der Waals surface area contributed by atoms with Gasteiger partial charge < -0.3 is 19.4 Å². The Labute approximate surface area is 166 Å². The molecule has 0 spiro atoms. The second kappa shape index (κ2) is 13.7. The second-order valence-electron chi connectivity index (χ2n) is 8.56. The topological polar surface area (TPSA) is 77.8 Å². The second-order valence-corrected chi connectivity index (χ2v) is 10.5. The Morgan fingerprint density at radius 3 is 1.70 bits per heavy atom. The fourth-order valence-electron chi connectivity index (χ4n) is 3.14. The lowest BCUT2D eigenvalue weighted by Gasteiger charge is -2.35. The van der Waals surface area contributed by atoms with E-state index in [1.165, 1.54) is 38.5 Å². The van der Waals surface area contributed by atoms with Gasteiger partial charge in [-0.3, -0.25) is 4.57 Å². The van der Waals surface area contributed by atoms with Crippen molar-refractivity contribution in [2.75, 3.05) is 27.7 Å². The van der Waals surface area contributed by atoms with Crippen LogP contribution in [0.1, 0.15) is 77.6 Å². The lowest BCUT2D eigenvalue weighted by molar-refractivity contribution is -0.875. The molecule has 27 heavy (non-hydrogen) atoms. The molecule has 0 radical (unpaired) electrons. The molecule has 5 nitrogen and oxygen atoms in total. The van der Waals surface area contributed by atoms with Gasteiger partial charge in [0.2, 0.25) is 5.34 Å². The Morgan fingerprint density at radius 1 is 0.815 bits per heavy atom. The van der Waals surface area contributed by atoms with Crippen LogP contribution in [-0.4, -0.2) is 52.4 Å². The van der Waals surface area contributed by atoms with Gasteiger partial charge in [-0.1, -0.05) is 56.9 Å². The number of aliphatic hydroxyl groups is 1. The number of nitrogens with zero attached hydrogens (tertiary/aromatic N) is 1. The molecule has 0 aliphatic carbocycles. The lowest BCUT2D eigenvalue weighted by Crippen LogP contribution is -2.49. The Balaban J connectivity index is 3.89. The van der Waals surface area contributed by atoms with Crippen molar-refractivity contribution in [3.05, 3.63) is 24.3 Å². The summed E-state index contributed by atoms with van der Waals surface area (Å²) in [7, 11) is 0.885. The molecule has 6 heteroatoms. The normalized spacial score (nSPS) is 15.7. The maximum atomic E-state index is 11.7. The molecule has 0 heterocycles. The van der Waals surface area contributed by atoms with Gasteiger partial charge in [0.15, 0.2) is 0 Å². The van der Waals surface area contributed by atoms with Crippen LogP contribution in [0.25, 0.3) is 0 Å². The third-order valence-corrected chi connectivity index (χ3v) is 5.99. The first-order chi connectivity index (χ1) is 12.5.